The molecule has 3 atom stereocenters. The number of nitrogens with one attached hydrogen (secondary N) is 3. The Morgan fingerprint density at radius 2 is 1.38 bits per heavy atom. The summed E-state index contributed by atoms with van der Waals surface area (Å²) in [5, 5.41) is 10.3. The number of hydrogen-bond acceptors (Lipinski definition) is 7. The number of rotatable bonds is 12. The summed E-state index contributed by atoms with van der Waals surface area (Å²) in [6, 6.07) is 16.9. The van der Waals surface area contributed by atoms with Crippen molar-refractivity contribution in [3.8, 4) is 0 Å². The van der Waals surface area contributed by atoms with Crippen molar-refractivity contribution in [2.75, 3.05) is 13.6 Å². The Morgan fingerprint density at radius 1 is 0.822 bits per heavy atom. The molecule has 3 N–H and O–H groups in total. The first kappa shape index (κ1) is 33.3. The Morgan fingerprint density at radius 3 is 1.89 bits per heavy atom. The summed E-state index contributed by atoms with van der Waals surface area (Å²) >= 11 is 0. The zero-order valence-corrected chi connectivity index (χ0v) is 26.7. The molecule has 0 aliphatic carbocycles. The van der Waals surface area contributed by atoms with Crippen LogP contribution in [0.4, 0.5) is 0 Å². The summed E-state index contributed by atoms with van der Waals surface area (Å²) in [4.78, 5) is 67.8. The van der Waals surface area contributed by atoms with E-state index in [1.807, 2.05) is 44.2 Å². The molecule has 0 unspecified atom stereocenters. The van der Waals surface area contributed by atoms with Gasteiger partial charge in [0.1, 0.15) is 17.7 Å². The van der Waals surface area contributed by atoms with Crippen LogP contribution in [0.5, 0.6) is 0 Å². The molecule has 0 saturated heterocycles. The lowest BCUT2D eigenvalue weighted by Crippen LogP contribution is -2.54. The molecule has 0 bridgehead atoms. The fourth-order valence-corrected chi connectivity index (χ4v) is 5.38. The lowest BCUT2D eigenvalue weighted by molar-refractivity contribution is -0.158. The number of fused-ring (bicyclic) bond motifs is 2. The maximum atomic E-state index is 13.7. The van der Waals surface area contributed by atoms with Gasteiger partial charge in [-0.25, -0.2) is 0 Å². The quantitative estimate of drug-likeness (QED) is 0.206. The van der Waals surface area contributed by atoms with Gasteiger partial charge in [0.15, 0.2) is 0 Å². The molecule has 45 heavy (non-hydrogen) atoms. The second-order valence-electron chi connectivity index (χ2n) is 12.7. The van der Waals surface area contributed by atoms with Crippen LogP contribution in [0.1, 0.15) is 79.8 Å². The van der Waals surface area contributed by atoms with Crippen LogP contribution in [-0.4, -0.2) is 65.8 Å². The molecule has 0 fully saturated rings. The van der Waals surface area contributed by atoms with Gasteiger partial charge in [0.25, 0.3) is 11.8 Å². The number of carbonyl (C=O) groups is 5. The summed E-state index contributed by atoms with van der Waals surface area (Å²) in [5.41, 5.74) is 0.424. The highest BCUT2D eigenvalue weighted by Gasteiger charge is 2.38. The SMILES string of the molecule is CNC(=O)[C@@H](NC(=O)[C@H](CC(C)C)N[C@H](CCN1C(=O)c2cc3ccccc3cc2C1=O)C(=O)OC(C)(C)C)c1ccccc1. The predicted molar refractivity (Wildman–Crippen MR) is 171 cm³/mol. The van der Waals surface area contributed by atoms with Crippen molar-refractivity contribution in [2.45, 2.75) is 71.2 Å². The van der Waals surface area contributed by atoms with Gasteiger partial charge in [0.05, 0.1) is 17.2 Å². The Labute approximate surface area is 263 Å². The van der Waals surface area contributed by atoms with Gasteiger partial charge < -0.3 is 15.4 Å². The van der Waals surface area contributed by atoms with E-state index in [4.69, 9.17) is 4.74 Å². The van der Waals surface area contributed by atoms with Crippen LogP contribution in [0.2, 0.25) is 0 Å². The van der Waals surface area contributed by atoms with Crippen LogP contribution in [0.25, 0.3) is 10.8 Å². The number of ether oxygens (including phenoxy) is 1. The van der Waals surface area contributed by atoms with E-state index in [-0.39, 0.29) is 24.8 Å². The van der Waals surface area contributed by atoms with Gasteiger partial charge in [-0.3, -0.25) is 34.2 Å². The average Bonchev–Trinajstić information content (AvgIpc) is 3.22. The van der Waals surface area contributed by atoms with Crippen LogP contribution in [0, 0.1) is 5.92 Å². The molecule has 3 aromatic carbocycles. The lowest BCUT2D eigenvalue weighted by atomic mass is 9.99. The first-order valence-electron chi connectivity index (χ1n) is 15.2. The van der Waals surface area contributed by atoms with Gasteiger partial charge >= 0.3 is 5.97 Å². The number of hydrogen-bond donors (Lipinski definition) is 3. The summed E-state index contributed by atoms with van der Waals surface area (Å²) < 4.78 is 5.69. The average molecular weight is 615 g/mol. The highest BCUT2D eigenvalue weighted by Crippen LogP contribution is 2.28. The third-order valence-electron chi connectivity index (χ3n) is 7.52. The number of amides is 4. The minimum Gasteiger partial charge on any atom is -0.459 e. The molecule has 0 saturated carbocycles. The van der Waals surface area contributed by atoms with Gasteiger partial charge in [-0.1, -0.05) is 68.4 Å². The molecule has 10 nitrogen and oxygen atoms in total. The predicted octanol–water partition coefficient (Wildman–Crippen LogP) is 4.14. The smallest absolute Gasteiger partial charge is 0.323 e. The molecule has 3 aromatic rings. The molecular formula is C35H42N4O6. The first-order chi connectivity index (χ1) is 21.3. The minimum absolute atomic E-state index is 0.0132. The molecule has 0 spiro atoms. The molecule has 1 aliphatic heterocycles. The van der Waals surface area contributed by atoms with Crippen molar-refractivity contribution in [1.82, 2.24) is 20.9 Å². The van der Waals surface area contributed by atoms with E-state index in [0.717, 1.165) is 15.7 Å². The number of benzene rings is 3. The van der Waals surface area contributed by atoms with Gasteiger partial charge in [-0.2, -0.15) is 0 Å². The van der Waals surface area contributed by atoms with Gasteiger partial charge in [0, 0.05) is 13.6 Å². The van der Waals surface area contributed by atoms with E-state index in [1.54, 1.807) is 57.2 Å². The van der Waals surface area contributed by atoms with Crippen molar-refractivity contribution in [3.05, 3.63) is 83.4 Å². The van der Waals surface area contributed by atoms with Crippen LogP contribution in [0.3, 0.4) is 0 Å². The van der Waals surface area contributed by atoms with Crippen LogP contribution < -0.4 is 16.0 Å². The molecule has 0 aromatic heterocycles. The van der Waals surface area contributed by atoms with Crippen LogP contribution in [-0.2, 0) is 19.1 Å². The van der Waals surface area contributed by atoms with E-state index in [9.17, 15) is 24.0 Å². The number of carbonyl (C=O) groups excluding carboxylic acids is 5. The number of imide groups is 1. The minimum atomic E-state index is -1.03. The molecule has 1 aliphatic rings. The Bertz CT molecular complexity index is 1530. The van der Waals surface area contributed by atoms with Crippen molar-refractivity contribution in [3.63, 3.8) is 0 Å². The van der Waals surface area contributed by atoms with Crippen LogP contribution >= 0.6 is 0 Å². The Hall–Kier alpha value is -4.57. The first-order valence-corrected chi connectivity index (χ1v) is 15.2. The maximum absolute atomic E-state index is 13.7. The number of nitrogens with zero attached hydrogens (tertiary/aromatic N) is 1. The number of esters is 1. The zero-order chi connectivity index (χ0) is 32.9. The highest BCUT2D eigenvalue weighted by atomic mass is 16.6. The van der Waals surface area contributed by atoms with E-state index in [0.29, 0.717) is 23.1 Å². The highest BCUT2D eigenvalue weighted by molar-refractivity contribution is 6.23. The third kappa shape index (κ3) is 8.13. The van der Waals surface area contributed by atoms with E-state index < -0.39 is 47.4 Å². The van der Waals surface area contributed by atoms with Crippen molar-refractivity contribution in [2.24, 2.45) is 5.92 Å². The van der Waals surface area contributed by atoms with Crippen molar-refractivity contribution >= 4 is 40.4 Å². The van der Waals surface area contributed by atoms with Crippen LogP contribution in [0.15, 0.2) is 66.7 Å². The standard InChI is InChI=1S/C35H42N4O6/c1-21(2)18-28(30(40)38-29(31(41)36-6)22-12-8-7-9-13-22)37-27(34(44)45-35(3,4)5)16-17-39-32(42)25-19-23-14-10-11-15-24(23)20-26(25)33(39)43/h7-15,19-21,27-29,37H,16-18H2,1-6H3,(H,36,41)(H,38,40)/t27-,28+,29+/m1/s1. The largest absolute Gasteiger partial charge is 0.459 e. The van der Waals surface area contributed by atoms with E-state index in [2.05, 4.69) is 16.0 Å². The Kier molecular flexibility index (Phi) is 10.4. The molecule has 4 amide bonds. The lowest BCUT2D eigenvalue weighted by Gasteiger charge is -2.30. The molecule has 0 radical (unpaired) electrons. The fourth-order valence-electron chi connectivity index (χ4n) is 5.38. The Balaban J connectivity index is 1.57. The summed E-state index contributed by atoms with van der Waals surface area (Å²) in [6.07, 6.45) is 0.360. The normalized spacial score (nSPS) is 15.0. The molecule has 4 rings (SSSR count). The third-order valence-corrected chi connectivity index (χ3v) is 7.52. The molecule has 1 heterocycles. The zero-order valence-electron chi connectivity index (χ0n) is 26.7. The van der Waals surface area contributed by atoms with Gasteiger partial charge in [-0.05, 0) is 68.0 Å². The second-order valence-corrected chi connectivity index (χ2v) is 12.7. The van der Waals surface area contributed by atoms with E-state index in [1.165, 1.54) is 7.05 Å². The van der Waals surface area contributed by atoms with Crippen molar-refractivity contribution < 1.29 is 28.7 Å². The van der Waals surface area contributed by atoms with Gasteiger partial charge in [0.2, 0.25) is 11.8 Å². The maximum Gasteiger partial charge on any atom is 0.323 e. The van der Waals surface area contributed by atoms with Gasteiger partial charge in [-0.15, -0.1) is 0 Å². The number of likely N-dealkylation sites (N-methyl/N-ethyl adjacent to an activating group) is 1. The summed E-state index contributed by atoms with van der Waals surface area (Å²) in [6.45, 7) is 9.04. The molecule has 10 heteroatoms. The summed E-state index contributed by atoms with van der Waals surface area (Å²) in [7, 11) is 1.49. The second kappa shape index (κ2) is 14.0. The fraction of sp³-hybridized carbons (Fsp3) is 0.400. The molecule has 238 valence electrons. The molecular weight excluding hydrogens is 572 g/mol. The summed E-state index contributed by atoms with van der Waals surface area (Å²) in [5.74, 6) is -2.29. The van der Waals surface area contributed by atoms with E-state index >= 15 is 0 Å². The van der Waals surface area contributed by atoms with Crippen molar-refractivity contribution in [1.29, 1.82) is 0 Å². The monoisotopic (exact) mass is 614 g/mol. The topological polar surface area (TPSA) is 134 Å².